The molecule has 1 aromatic heterocycles. The predicted octanol–water partition coefficient (Wildman–Crippen LogP) is 3.83. The average Bonchev–Trinajstić information content (AvgIpc) is 2.55. The van der Waals surface area contributed by atoms with Crippen molar-refractivity contribution >= 4 is 22.8 Å². The fourth-order valence-corrected chi connectivity index (χ4v) is 2.69. The summed E-state index contributed by atoms with van der Waals surface area (Å²) in [5.74, 6) is 1.13. The molecule has 0 bridgehead atoms. The lowest BCUT2D eigenvalue weighted by Gasteiger charge is -2.26. The first kappa shape index (κ1) is 11.4. The van der Waals surface area contributed by atoms with Crippen LogP contribution in [-0.2, 0) is 0 Å². The van der Waals surface area contributed by atoms with Gasteiger partial charge in [-0.3, -0.25) is 9.98 Å². The summed E-state index contributed by atoms with van der Waals surface area (Å²) in [4.78, 5) is 9.07. The van der Waals surface area contributed by atoms with E-state index in [0.717, 1.165) is 28.8 Å². The number of ether oxygens (including phenoxy) is 1. The van der Waals surface area contributed by atoms with E-state index >= 15 is 0 Å². The number of aromatic nitrogens is 1. The molecule has 0 spiro atoms. The highest BCUT2D eigenvalue weighted by Gasteiger charge is 2.24. The smallest absolute Gasteiger partial charge is 0.164 e. The van der Waals surface area contributed by atoms with Crippen LogP contribution in [0.5, 0.6) is 5.75 Å². The third kappa shape index (κ3) is 1.83. The summed E-state index contributed by atoms with van der Waals surface area (Å²) >= 11 is 0. The number of aliphatic imine (C=N–C) groups is 1. The molecule has 1 aromatic carbocycles. The largest absolute Gasteiger partial charge is 0.480 e. The second-order valence-corrected chi connectivity index (χ2v) is 5.06. The van der Waals surface area contributed by atoms with Crippen molar-refractivity contribution in [3.8, 4) is 5.75 Å². The number of hydrogen-bond donors (Lipinski definition) is 0. The third-order valence-corrected chi connectivity index (χ3v) is 3.76. The highest BCUT2D eigenvalue weighted by Crippen LogP contribution is 2.38. The van der Waals surface area contributed by atoms with Crippen molar-refractivity contribution in [2.45, 2.75) is 12.5 Å². The molecule has 0 fully saturated rings. The van der Waals surface area contributed by atoms with Gasteiger partial charge in [0.15, 0.2) is 5.75 Å². The second kappa shape index (κ2) is 4.60. The number of rotatable bonds is 1. The molecule has 0 saturated heterocycles. The number of benzene rings is 1. The Kier molecular flexibility index (Phi) is 2.62. The number of fused-ring (bicyclic) bond motifs is 3. The van der Waals surface area contributed by atoms with Crippen LogP contribution in [0.15, 0.2) is 59.8 Å². The Labute approximate surface area is 117 Å². The minimum Gasteiger partial charge on any atom is -0.480 e. The van der Waals surface area contributed by atoms with Gasteiger partial charge in [0.1, 0.15) is 11.8 Å². The topological polar surface area (TPSA) is 34.5 Å². The summed E-state index contributed by atoms with van der Waals surface area (Å²) in [7, 11) is 0. The van der Waals surface area contributed by atoms with E-state index in [2.05, 4.69) is 34.3 Å². The Bertz CT molecular complexity index is 746. The maximum absolute atomic E-state index is 6.08. The molecule has 2 aliphatic rings. The Hall–Kier alpha value is -2.42. The number of pyridine rings is 1. The van der Waals surface area contributed by atoms with Gasteiger partial charge in [-0.05, 0) is 12.5 Å². The molecule has 98 valence electrons. The van der Waals surface area contributed by atoms with Gasteiger partial charge < -0.3 is 4.74 Å². The Morgan fingerprint density at radius 1 is 1.15 bits per heavy atom. The molecule has 0 amide bonds. The number of nitrogens with zero attached hydrogens (tertiary/aromatic N) is 2. The Morgan fingerprint density at radius 2 is 2.10 bits per heavy atom. The van der Waals surface area contributed by atoms with E-state index in [1.165, 1.54) is 0 Å². The summed E-state index contributed by atoms with van der Waals surface area (Å²) in [6, 6.07) is 8.01. The molecule has 2 atom stereocenters. The Morgan fingerprint density at radius 3 is 3.00 bits per heavy atom. The minimum absolute atomic E-state index is 0.00772. The van der Waals surface area contributed by atoms with E-state index in [9.17, 15) is 0 Å². The first-order chi connectivity index (χ1) is 9.92. The lowest BCUT2D eigenvalue weighted by Crippen LogP contribution is -2.29. The number of allylic oxidation sites excluding steroid dienone is 3. The van der Waals surface area contributed by atoms with Crippen LogP contribution in [-0.4, -0.2) is 17.3 Å². The highest BCUT2D eigenvalue weighted by molar-refractivity contribution is 5.95. The van der Waals surface area contributed by atoms with Gasteiger partial charge in [-0.25, -0.2) is 0 Å². The summed E-state index contributed by atoms with van der Waals surface area (Å²) < 4.78 is 6.08. The number of hydrogen-bond acceptors (Lipinski definition) is 3. The molecular formula is C17H14N2O. The summed E-state index contributed by atoms with van der Waals surface area (Å²) in [5.41, 5.74) is 1.84. The molecule has 3 heteroatoms. The van der Waals surface area contributed by atoms with Crippen LogP contribution in [0.2, 0.25) is 0 Å². The zero-order valence-electron chi connectivity index (χ0n) is 10.9. The normalized spacial score (nSPS) is 23.6. The van der Waals surface area contributed by atoms with Crippen molar-refractivity contribution in [1.29, 1.82) is 0 Å². The quantitative estimate of drug-likeness (QED) is 0.782. The van der Waals surface area contributed by atoms with Crippen molar-refractivity contribution in [3.05, 3.63) is 54.8 Å². The molecule has 0 saturated carbocycles. The molecule has 2 unspecified atom stereocenters. The first-order valence-corrected chi connectivity index (χ1v) is 6.84. The molecule has 2 heterocycles. The van der Waals surface area contributed by atoms with Crippen molar-refractivity contribution in [1.82, 2.24) is 4.98 Å². The van der Waals surface area contributed by atoms with E-state index in [4.69, 9.17) is 4.74 Å². The lowest BCUT2D eigenvalue weighted by molar-refractivity contribution is 0.221. The van der Waals surface area contributed by atoms with E-state index in [-0.39, 0.29) is 6.10 Å². The molecular weight excluding hydrogens is 248 g/mol. The minimum atomic E-state index is -0.00772. The third-order valence-electron chi connectivity index (χ3n) is 3.76. The van der Waals surface area contributed by atoms with E-state index in [0.29, 0.717) is 5.92 Å². The maximum atomic E-state index is 6.08. The SMILES string of the molecule is C1=CCC(C2C=Nc3c(cnc4ccccc34)O2)C=C1. The van der Waals surface area contributed by atoms with Gasteiger partial charge >= 0.3 is 0 Å². The molecule has 4 rings (SSSR count). The van der Waals surface area contributed by atoms with Gasteiger partial charge in [0.2, 0.25) is 0 Å². The molecule has 1 aliphatic heterocycles. The van der Waals surface area contributed by atoms with E-state index < -0.39 is 0 Å². The second-order valence-electron chi connectivity index (χ2n) is 5.06. The van der Waals surface area contributed by atoms with Crippen LogP contribution in [0.25, 0.3) is 10.9 Å². The average molecular weight is 262 g/mol. The fraction of sp³-hybridized carbons (Fsp3) is 0.176. The summed E-state index contributed by atoms with van der Waals surface area (Å²) in [6.07, 6.45) is 13.2. The van der Waals surface area contributed by atoms with E-state index in [1.54, 1.807) is 6.20 Å². The fourth-order valence-electron chi connectivity index (χ4n) is 2.69. The van der Waals surface area contributed by atoms with Crippen LogP contribution >= 0.6 is 0 Å². The molecule has 1 aliphatic carbocycles. The van der Waals surface area contributed by atoms with Crippen molar-refractivity contribution < 1.29 is 4.74 Å². The van der Waals surface area contributed by atoms with Crippen molar-refractivity contribution in [2.24, 2.45) is 10.9 Å². The van der Waals surface area contributed by atoms with Gasteiger partial charge in [-0.1, -0.05) is 42.5 Å². The summed E-state index contributed by atoms with van der Waals surface area (Å²) in [6.45, 7) is 0. The Balaban J connectivity index is 1.73. The molecule has 20 heavy (non-hydrogen) atoms. The zero-order valence-corrected chi connectivity index (χ0v) is 10.9. The maximum Gasteiger partial charge on any atom is 0.164 e. The van der Waals surface area contributed by atoms with Gasteiger partial charge in [-0.15, -0.1) is 0 Å². The molecule has 0 radical (unpaired) electrons. The van der Waals surface area contributed by atoms with Crippen molar-refractivity contribution in [2.75, 3.05) is 0 Å². The monoisotopic (exact) mass is 262 g/mol. The predicted molar refractivity (Wildman–Crippen MR) is 80.7 cm³/mol. The van der Waals surface area contributed by atoms with Crippen LogP contribution in [0.3, 0.4) is 0 Å². The first-order valence-electron chi connectivity index (χ1n) is 6.84. The van der Waals surface area contributed by atoms with Gasteiger partial charge in [0.25, 0.3) is 0 Å². The van der Waals surface area contributed by atoms with Crippen LogP contribution < -0.4 is 4.74 Å². The standard InChI is InChI=1S/C17H14N2O/c1-2-6-12(7-3-1)15-10-19-17-13-8-4-5-9-14(13)18-11-16(17)20-15/h1-6,8-12,15H,7H2. The van der Waals surface area contributed by atoms with Crippen LogP contribution in [0, 0.1) is 5.92 Å². The summed E-state index contributed by atoms with van der Waals surface area (Å²) in [5, 5.41) is 1.04. The van der Waals surface area contributed by atoms with Crippen molar-refractivity contribution in [3.63, 3.8) is 0 Å². The van der Waals surface area contributed by atoms with Crippen LogP contribution in [0.4, 0.5) is 5.69 Å². The van der Waals surface area contributed by atoms with Gasteiger partial charge in [0, 0.05) is 17.5 Å². The van der Waals surface area contributed by atoms with E-state index in [1.807, 2.05) is 30.5 Å². The molecule has 2 aromatic rings. The highest BCUT2D eigenvalue weighted by atomic mass is 16.5. The molecule has 3 nitrogen and oxygen atoms in total. The van der Waals surface area contributed by atoms with Gasteiger partial charge in [-0.2, -0.15) is 0 Å². The van der Waals surface area contributed by atoms with Crippen LogP contribution in [0.1, 0.15) is 6.42 Å². The molecule has 0 N–H and O–H groups in total. The number of para-hydroxylation sites is 1. The lowest BCUT2D eigenvalue weighted by atomic mass is 9.94. The zero-order chi connectivity index (χ0) is 13.4. The van der Waals surface area contributed by atoms with Gasteiger partial charge in [0.05, 0.1) is 11.7 Å².